The Kier molecular flexibility index (Phi) is 2400. The molecule has 9 radical (unpaired) electrons. The fourth-order valence-electron chi connectivity index (χ4n) is 0. The summed E-state index contributed by atoms with van der Waals surface area (Å²) >= 11 is 0. The largest absolute Gasteiger partial charge is 0.281 e. The van der Waals surface area contributed by atoms with Crippen molar-refractivity contribution in [3.05, 3.63) is 0 Å². The van der Waals surface area contributed by atoms with Crippen molar-refractivity contribution in [1.29, 1.82) is 0 Å². The Bertz CT molecular complexity index is 20.5. The number of hydrogen-bond donors (Lipinski definition) is 0. The van der Waals surface area contributed by atoms with Crippen molar-refractivity contribution in [2.45, 2.75) is 0 Å². The summed E-state index contributed by atoms with van der Waals surface area (Å²) in [5.74, 6) is 0. The van der Waals surface area contributed by atoms with E-state index >= 15 is 0 Å². The maximum Gasteiger partial charge on any atom is 0.281 e. The zero-order chi connectivity index (χ0) is 8.00. The van der Waals surface area contributed by atoms with Crippen LogP contribution in [0, 0.1) is 0 Å². The third-order valence-corrected chi connectivity index (χ3v) is 0. The van der Waals surface area contributed by atoms with Crippen LogP contribution >= 0.6 is 0 Å². The number of hydrogen-bond acceptors (Lipinski definition) is 4. The van der Waals surface area contributed by atoms with E-state index in [2.05, 4.69) is 27.2 Å². The molecule has 0 aliphatic carbocycles. The van der Waals surface area contributed by atoms with Crippen LogP contribution in [0.3, 0.4) is 0 Å². The molecule has 0 heterocycles. The standard InChI is InChI=1S/4CO.V/c4*1-2;. The summed E-state index contributed by atoms with van der Waals surface area (Å²) in [4.78, 5) is 30.0. The van der Waals surface area contributed by atoms with Crippen molar-refractivity contribution in [2.24, 2.45) is 0 Å². The van der Waals surface area contributed by atoms with E-state index in [4.69, 9.17) is 19.2 Å². The Labute approximate surface area is 65.5 Å². The smallest absolute Gasteiger partial charge is 0.281 e. The van der Waals surface area contributed by atoms with E-state index in [1.54, 1.807) is 0 Å². The molecule has 0 atom stereocenters. The monoisotopic (exact) mass is 163 g/mol. The van der Waals surface area contributed by atoms with Gasteiger partial charge in [-0.3, -0.25) is 19.2 Å². The minimum atomic E-state index is 0. The molecule has 45 valence electrons. The Morgan fingerprint density at radius 2 is 0.444 bits per heavy atom. The van der Waals surface area contributed by atoms with Crippen molar-refractivity contribution in [3.63, 3.8) is 0 Å². The molecule has 4 nitrogen and oxygen atoms in total. The Morgan fingerprint density at radius 3 is 0.444 bits per heavy atom. The second-order valence-corrected chi connectivity index (χ2v) is 0. The molecule has 0 aromatic heterocycles. The van der Waals surface area contributed by atoms with E-state index in [-0.39, 0.29) is 18.6 Å². The molecule has 0 saturated carbocycles. The van der Waals surface area contributed by atoms with Crippen LogP contribution in [-0.4, -0.2) is 27.2 Å². The molecule has 0 aliphatic rings. The molecule has 5 heteroatoms. The summed E-state index contributed by atoms with van der Waals surface area (Å²) in [6.45, 7) is 18.0. The first-order chi connectivity index (χ1) is 4.00. The molecule has 0 aromatic carbocycles. The molecular weight excluding hydrogens is 163 g/mol. The van der Waals surface area contributed by atoms with Crippen LogP contribution in [0.15, 0.2) is 0 Å². The molecule has 0 fully saturated rings. The normalized spacial score (nSPS) is 1.78. The van der Waals surface area contributed by atoms with Crippen LogP contribution < -0.4 is 0 Å². The van der Waals surface area contributed by atoms with Gasteiger partial charge in [-0.1, -0.05) is 0 Å². The van der Waals surface area contributed by atoms with Crippen molar-refractivity contribution >= 4 is 27.2 Å². The first kappa shape index (κ1) is 40.9. The van der Waals surface area contributed by atoms with Gasteiger partial charge in [0.25, 0.3) is 27.2 Å². The van der Waals surface area contributed by atoms with Crippen LogP contribution in [0.4, 0.5) is 0 Å². The first-order valence-electron chi connectivity index (χ1n) is 0.816. The van der Waals surface area contributed by atoms with E-state index < -0.39 is 0 Å². The van der Waals surface area contributed by atoms with Crippen LogP contribution in [-0.2, 0) is 37.7 Å². The number of carbonyl (C=O) groups excluding carboxylic acids is 4. The van der Waals surface area contributed by atoms with E-state index in [0.717, 1.165) is 0 Å². The van der Waals surface area contributed by atoms with Gasteiger partial charge in [0.1, 0.15) is 0 Å². The maximum absolute atomic E-state index is 7.50. The summed E-state index contributed by atoms with van der Waals surface area (Å²) in [7, 11) is 0. The molecule has 0 aliphatic heterocycles. The molecule has 0 bridgehead atoms. The molecule has 0 aromatic rings. The Balaban J connectivity index is -0.00000000762. The predicted molar refractivity (Wildman–Crippen MR) is 22.8 cm³/mol. The van der Waals surface area contributed by atoms with Gasteiger partial charge in [-0.05, 0) is 0 Å². The summed E-state index contributed by atoms with van der Waals surface area (Å²) in [6.07, 6.45) is 0. The molecule has 0 amide bonds. The third kappa shape index (κ3) is 372. The van der Waals surface area contributed by atoms with Gasteiger partial charge in [0, 0.05) is 18.6 Å². The summed E-state index contributed by atoms with van der Waals surface area (Å²) in [5.41, 5.74) is 0. The average Bonchev–Trinajstić information content (AvgIpc) is 2.03. The van der Waals surface area contributed by atoms with Gasteiger partial charge in [0.15, 0.2) is 0 Å². The molecular formula is C4O4V. The zero-order valence-electron chi connectivity index (χ0n) is 4.08. The van der Waals surface area contributed by atoms with Crippen LogP contribution in [0.25, 0.3) is 0 Å². The Morgan fingerprint density at radius 1 is 0.444 bits per heavy atom. The average molecular weight is 163 g/mol. The molecule has 0 N–H and O–H groups in total. The van der Waals surface area contributed by atoms with Gasteiger partial charge < -0.3 is 0 Å². The fraction of sp³-hybridized carbons (Fsp3) is 0. The molecule has 9 heavy (non-hydrogen) atoms. The molecule has 0 saturated heterocycles. The van der Waals surface area contributed by atoms with Crippen molar-refractivity contribution < 1.29 is 37.7 Å². The third-order valence-electron chi connectivity index (χ3n) is 0. The molecule has 0 rings (SSSR count). The van der Waals surface area contributed by atoms with Crippen LogP contribution in [0.2, 0.25) is 0 Å². The minimum absolute atomic E-state index is 0. The van der Waals surface area contributed by atoms with E-state index in [9.17, 15) is 0 Å². The van der Waals surface area contributed by atoms with E-state index in [0.29, 0.717) is 0 Å². The van der Waals surface area contributed by atoms with Gasteiger partial charge in [-0.25, -0.2) is 0 Å². The second-order valence-electron chi connectivity index (χ2n) is 0. The van der Waals surface area contributed by atoms with Crippen LogP contribution in [0.5, 0.6) is 0 Å². The fourth-order valence-corrected chi connectivity index (χ4v) is 0. The van der Waals surface area contributed by atoms with Gasteiger partial charge in [-0.2, -0.15) is 0 Å². The molecule has 0 unspecified atom stereocenters. The summed E-state index contributed by atoms with van der Waals surface area (Å²) in [6, 6.07) is 0. The first-order valence-corrected chi connectivity index (χ1v) is 0.816. The van der Waals surface area contributed by atoms with Crippen molar-refractivity contribution in [3.8, 4) is 0 Å². The number of rotatable bonds is 0. The topological polar surface area (TPSA) is 68.3 Å². The second kappa shape index (κ2) is 527. The van der Waals surface area contributed by atoms with Gasteiger partial charge in [0.05, 0.1) is 0 Å². The summed E-state index contributed by atoms with van der Waals surface area (Å²) < 4.78 is 0. The van der Waals surface area contributed by atoms with Gasteiger partial charge in [0.2, 0.25) is 0 Å². The molecule has 0 spiro atoms. The summed E-state index contributed by atoms with van der Waals surface area (Å²) in [5, 5.41) is 0. The Hall–Kier alpha value is -0.736. The quantitative estimate of drug-likeness (QED) is 0.431. The maximum atomic E-state index is 7.50. The van der Waals surface area contributed by atoms with Crippen LogP contribution in [0.1, 0.15) is 0 Å². The predicted octanol–water partition coefficient (Wildman–Crippen LogP) is -1.59. The van der Waals surface area contributed by atoms with Crippen molar-refractivity contribution in [2.75, 3.05) is 0 Å². The van der Waals surface area contributed by atoms with Crippen molar-refractivity contribution in [1.82, 2.24) is 0 Å². The van der Waals surface area contributed by atoms with Gasteiger partial charge >= 0.3 is 0 Å². The minimum Gasteiger partial charge on any atom is -0.281 e. The van der Waals surface area contributed by atoms with E-state index in [1.165, 1.54) is 0 Å². The zero-order valence-corrected chi connectivity index (χ0v) is 5.48. The SMILES string of the molecule is [C]=O.[C]=O.[C]=O.[C]=O.[V]. The van der Waals surface area contributed by atoms with E-state index in [1.807, 2.05) is 0 Å². The van der Waals surface area contributed by atoms with Gasteiger partial charge in [-0.15, -0.1) is 0 Å².